The fraction of sp³-hybridized carbons (Fsp3) is 0.667. The molecule has 0 heterocycles. The van der Waals surface area contributed by atoms with Crippen molar-refractivity contribution >= 4 is 24.2 Å². The van der Waals surface area contributed by atoms with Crippen LogP contribution in [-0.4, -0.2) is 22.0 Å². The fourth-order valence-corrected chi connectivity index (χ4v) is 15.5. The second kappa shape index (κ2) is 7.53. The Labute approximate surface area is 151 Å². The van der Waals surface area contributed by atoms with Gasteiger partial charge >= 0.3 is 152 Å². The van der Waals surface area contributed by atoms with Gasteiger partial charge in [0.15, 0.2) is 0 Å². The predicted molar refractivity (Wildman–Crippen MR) is 95.1 cm³/mol. The molecule has 1 atom stereocenters. The molecule has 2 aliphatic rings. The molecule has 1 aromatic rings. The third-order valence-electron chi connectivity index (χ3n) is 5.97. The summed E-state index contributed by atoms with van der Waals surface area (Å²) in [5.74, 6) is 1.07. The van der Waals surface area contributed by atoms with Crippen molar-refractivity contribution in [3.63, 3.8) is 0 Å². The Kier molecular flexibility index (Phi) is 5.90. The summed E-state index contributed by atoms with van der Waals surface area (Å²) in [5, 5.41) is 1.48. The second-order valence-corrected chi connectivity index (χ2v) is 14.5. The van der Waals surface area contributed by atoms with Crippen LogP contribution in [0.1, 0.15) is 51.4 Å². The summed E-state index contributed by atoms with van der Waals surface area (Å²) >= 11 is 10.5. The van der Waals surface area contributed by atoms with Crippen molar-refractivity contribution in [2.24, 2.45) is 0 Å². The molecular formula is C18H27ClOPPd. The Morgan fingerprint density at radius 3 is 2.00 bits per heavy atom. The fourth-order valence-electron chi connectivity index (χ4n) is 5.02. The third-order valence-corrected chi connectivity index (χ3v) is 15.1. The standard InChI is InChI=1S/C18H27ClOP.Pd/c1-20-17-12-6-7-13-18(17)21(14-19,15-8-2-3-9-15)16-10-4-5-11-16;/h6-7,12-16,21H,2-5,8-11H2,1H3;. The Hall–Kier alpha value is 0.402. The number of alkyl halides is 1. The summed E-state index contributed by atoms with van der Waals surface area (Å²) < 4.78 is 5.92. The van der Waals surface area contributed by atoms with Crippen molar-refractivity contribution in [3.05, 3.63) is 24.3 Å². The van der Waals surface area contributed by atoms with E-state index in [-0.39, 0.29) is 3.59 Å². The molecule has 4 heteroatoms. The molecule has 0 amide bonds. The molecule has 127 valence electrons. The van der Waals surface area contributed by atoms with Crippen LogP contribution >= 0.6 is 18.9 Å². The SMILES string of the molecule is COc1ccccc1[PH]([CH](Cl)[Pd])(C1CCCC1)C1CCCC1. The van der Waals surface area contributed by atoms with Gasteiger partial charge in [-0.25, -0.2) is 0 Å². The van der Waals surface area contributed by atoms with Crippen LogP contribution in [0.4, 0.5) is 0 Å². The summed E-state index contributed by atoms with van der Waals surface area (Å²) in [4.78, 5) is 0. The summed E-state index contributed by atoms with van der Waals surface area (Å²) in [6.07, 6.45) is 11.0. The first-order valence-corrected chi connectivity index (χ1v) is 12.2. The van der Waals surface area contributed by atoms with Crippen LogP contribution < -0.4 is 10.0 Å². The van der Waals surface area contributed by atoms with E-state index >= 15 is 0 Å². The van der Waals surface area contributed by atoms with Gasteiger partial charge in [0.1, 0.15) is 0 Å². The molecule has 0 saturated heterocycles. The van der Waals surface area contributed by atoms with Crippen LogP contribution in [0.2, 0.25) is 0 Å². The van der Waals surface area contributed by atoms with Crippen LogP contribution in [0.5, 0.6) is 5.75 Å². The molecule has 1 nitrogen and oxygen atoms in total. The van der Waals surface area contributed by atoms with Crippen LogP contribution in [-0.2, 0) is 19.2 Å². The van der Waals surface area contributed by atoms with Gasteiger partial charge in [0.25, 0.3) is 0 Å². The number of hydrogen-bond acceptors (Lipinski definition) is 1. The molecule has 1 unspecified atom stereocenters. The predicted octanol–water partition coefficient (Wildman–Crippen LogP) is 5.02. The van der Waals surface area contributed by atoms with Gasteiger partial charge in [0.05, 0.1) is 0 Å². The van der Waals surface area contributed by atoms with Crippen LogP contribution in [0.15, 0.2) is 24.3 Å². The van der Waals surface area contributed by atoms with E-state index in [4.69, 9.17) is 16.3 Å². The van der Waals surface area contributed by atoms with Crippen molar-refractivity contribution in [2.75, 3.05) is 7.11 Å². The summed E-state index contributed by atoms with van der Waals surface area (Å²) in [5.41, 5.74) is 1.62. The Morgan fingerprint density at radius 1 is 1.05 bits per heavy atom. The summed E-state index contributed by atoms with van der Waals surface area (Å²) in [6, 6.07) is 8.73. The zero-order chi connectivity index (χ0) is 15.6. The summed E-state index contributed by atoms with van der Waals surface area (Å²) in [7, 11) is -0.0672. The molecule has 2 saturated carbocycles. The molecule has 22 heavy (non-hydrogen) atoms. The normalized spacial score (nSPS) is 22.9. The third kappa shape index (κ3) is 2.91. The topological polar surface area (TPSA) is 9.23 Å². The van der Waals surface area contributed by atoms with E-state index in [1.54, 1.807) is 0 Å². The average Bonchev–Trinajstić information content (AvgIpc) is 3.22. The number of methoxy groups -OCH3 is 1. The van der Waals surface area contributed by atoms with Crippen molar-refractivity contribution in [1.82, 2.24) is 0 Å². The van der Waals surface area contributed by atoms with Crippen molar-refractivity contribution in [3.8, 4) is 5.75 Å². The Morgan fingerprint density at radius 2 is 1.55 bits per heavy atom. The number of hydrogen-bond donors (Lipinski definition) is 0. The molecule has 2 fully saturated rings. The molecule has 2 aliphatic carbocycles. The van der Waals surface area contributed by atoms with Crippen LogP contribution in [0.25, 0.3) is 0 Å². The zero-order valence-electron chi connectivity index (χ0n) is 13.3. The maximum absolute atomic E-state index is 6.96. The van der Waals surface area contributed by atoms with E-state index in [9.17, 15) is 0 Å². The van der Waals surface area contributed by atoms with E-state index in [1.165, 1.54) is 56.7 Å². The maximum atomic E-state index is 6.96. The van der Waals surface area contributed by atoms with Gasteiger partial charge in [-0.05, 0) is 0 Å². The number of ether oxygens (including phenoxy) is 1. The minimum absolute atomic E-state index is 0.137. The molecule has 0 N–H and O–H groups in total. The Balaban J connectivity index is 2.15. The Bertz CT molecular complexity index is 480. The number of para-hydroxylation sites is 1. The van der Waals surface area contributed by atoms with Gasteiger partial charge in [-0.3, -0.25) is 0 Å². The monoisotopic (exact) mass is 431 g/mol. The number of benzene rings is 1. The van der Waals surface area contributed by atoms with E-state index < -0.39 is 7.26 Å². The zero-order valence-corrected chi connectivity index (χ0v) is 16.6. The van der Waals surface area contributed by atoms with Gasteiger partial charge in [-0.1, -0.05) is 0 Å². The van der Waals surface area contributed by atoms with E-state index in [0.717, 1.165) is 17.1 Å². The number of rotatable bonds is 5. The van der Waals surface area contributed by atoms with Gasteiger partial charge < -0.3 is 0 Å². The molecule has 0 radical (unpaired) electrons. The molecule has 0 aromatic heterocycles. The second-order valence-electron chi connectivity index (χ2n) is 6.87. The van der Waals surface area contributed by atoms with E-state index in [1.807, 2.05) is 7.11 Å². The molecule has 0 aliphatic heterocycles. The quantitative estimate of drug-likeness (QED) is 0.361. The minimum atomic E-state index is -1.87. The van der Waals surface area contributed by atoms with Crippen LogP contribution in [0, 0.1) is 0 Å². The van der Waals surface area contributed by atoms with Gasteiger partial charge in [0.2, 0.25) is 0 Å². The van der Waals surface area contributed by atoms with Crippen LogP contribution in [0.3, 0.4) is 0 Å². The van der Waals surface area contributed by atoms with Gasteiger partial charge in [0, 0.05) is 0 Å². The molecular weight excluding hydrogens is 405 g/mol. The van der Waals surface area contributed by atoms with Gasteiger partial charge in [-0.2, -0.15) is 0 Å². The van der Waals surface area contributed by atoms with E-state index in [2.05, 4.69) is 43.5 Å². The average molecular weight is 432 g/mol. The first-order chi connectivity index (χ1) is 10.7. The molecule has 0 spiro atoms. The molecule has 3 rings (SSSR count). The van der Waals surface area contributed by atoms with Crippen molar-refractivity contribution in [2.45, 2.75) is 66.3 Å². The molecule has 1 aromatic carbocycles. The number of halogens is 1. The van der Waals surface area contributed by atoms with Gasteiger partial charge in [-0.15, -0.1) is 0 Å². The van der Waals surface area contributed by atoms with Crippen molar-refractivity contribution < 1.29 is 23.9 Å². The summed E-state index contributed by atoms with van der Waals surface area (Å²) in [6.45, 7) is 0. The first-order valence-electron chi connectivity index (χ1n) is 8.59. The van der Waals surface area contributed by atoms with E-state index in [0.29, 0.717) is 0 Å². The van der Waals surface area contributed by atoms with Crippen molar-refractivity contribution in [1.29, 1.82) is 0 Å². The first kappa shape index (κ1) is 17.2. The molecule has 0 bridgehead atoms.